The molecule has 1 aliphatic rings. The summed E-state index contributed by atoms with van der Waals surface area (Å²) >= 11 is 12.5. The Morgan fingerprint density at radius 1 is 0.842 bits per heavy atom. The van der Waals surface area contributed by atoms with Crippen molar-refractivity contribution in [1.82, 2.24) is 19.6 Å². The lowest BCUT2D eigenvalue weighted by Gasteiger charge is -2.36. The van der Waals surface area contributed by atoms with Crippen molar-refractivity contribution < 1.29 is 27.8 Å². The average molecular weight is 826 g/mol. The summed E-state index contributed by atoms with van der Waals surface area (Å²) in [7, 11) is -3.97. The standard InChI is InChI=1S/C44H42Cl2N4O6S/c1-29-10-20-38(21-11-29)57(53,54)49-39(23-30-6-3-2-4-7-30)43(52)47-25-32-8-5-9-36(22-32)33-16-18-35(19-17-33)44-55-37(26-50-28-48-41(45)42(50)46)24-40(56-44)34-14-12-31(27-51)13-15-34/h2-22,28,37,39-40,44,49,51H,23-27H2,1H3,(H,47,52)/t37-,39+,40+,44+/m0/s1. The molecule has 1 saturated heterocycles. The smallest absolute Gasteiger partial charge is 0.241 e. The van der Waals surface area contributed by atoms with Crippen molar-refractivity contribution in [3.8, 4) is 11.1 Å². The molecule has 1 fully saturated rings. The number of aliphatic hydroxyl groups is 1. The Bertz CT molecular complexity index is 2390. The van der Waals surface area contributed by atoms with Crippen molar-refractivity contribution in [1.29, 1.82) is 0 Å². The van der Waals surface area contributed by atoms with Crippen molar-refractivity contribution in [2.45, 2.75) is 68.9 Å². The Morgan fingerprint density at radius 3 is 2.23 bits per heavy atom. The van der Waals surface area contributed by atoms with Crippen molar-refractivity contribution in [3.63, 3.8) is 0 Å². The second-order valence-electron chi connectivity index (χ2n) is 14.0. The van der Waals surface area contributed by atoms with Gasteiger partial charge in [-0.25, -0.2) is 13.4 Å². The highest BCUT2D eigenvalue weighted by molar-refractivity contribution is 7.89. The van der Waals surface area contributed by atoms with E-state index in [2.05, 4.69) is 15.0 Å². The normalized spacial score (nSPS) is 17.6. The molecule has 10 nitrogen and oxygen atoms in total. The summed E-state index contributed by atoms with van der Waals surface area (Å²) in [4.78, 5) is 17.8. The lowest BCUT2D eigenvalue weighted by atomic mass is 9.99. The zero-order valence-electron chi connectivity index (χ0n) is 31.1. The van der Waals surface area contributed by atoms with Gasteiger partial charge < -0.3 is 24.5 Å². The first-order valence-corrected chi connectivity index (χ1v) is 20.7. The third-order valence-corrected chi connectivity index (χ3v) is 12.1. The second-order valence-corrected chi connectivity index (χ2v) is 16.5. The SMILES string of the molecule is Cc1ccc(S(=O)(=O)N[C@H](Cc2ccccc2)C(=O)NCc2cccc(-c3ccc([C@@H]4O[C@H](Cn5cnc(Cl)c5Cl)C[C@H](c5ccc(CO)cc5)O4)cc3)c2)cc1. The first kappa shape index (κ1) is 40.4. The number of hydrogen-bond donors (Lipinski definition) is 3. The zero-order chi connectivity index (χ0) is 39.9. The number of carbonyl (C=O) groups is 1. The highest BCUT2D eigenvalue weighted by Gasteiger charge is 2.33. The van der Waals surface area contributed by atoms with Crippen LogP contribution < -0.4 is 10.0 Å². The third kappa shape index (κ3) is 10.2. The Balaban J connectivity index is 1.05. The predicted octanol–water partition coefficient (Wildman–Crippen LogP) is 8.11. The lowest BCUT2D eigenvalue weighted by Crippen LogP contribution is -2.47. The summed E-state index contributed by atoms with van der Waals surface area (Å²) in [6.07, 6.45) is 1.11. The number of carbonyl (C=O) groups excluding carboxylic acids is 1. The molecule has 0 aliphatic carbocycles. The maximum atomic E-state index is 13.6. The fourth-order valence-corrected chi connectivity index (χ4v) is 8.25. The van der Waals surface area contributed by atoms with E-state index in [1.54, 1.807) is 23.0 Å². The van der Waals surface area contributed by atoms with Crippen LogP contribution in [0.3, 0.4) is 0 Å². The van der Waals surface area contributed by atoms with Crippen molar-refractivity contribution in [2.75, 3.05) is 0 Å². The van der Waals surface area contributed by atoms with Crippen molar-refractivity contribution >= 4 is 39.1 Å². The molecule has 3 N–H and O–H groups in total. The number of aliphatic hydroxyl groups excluding tert-OH is 1. The van der Waals surface area contributed by atoms with E-state index < -0.39 is 28.3 Å². The number of aryl methyl sites for hydroxylation is 1. The molecule has 4 atom stereocenters. The van der Waals surface area contributed by atoms with Gasteiger partial charge >= 0.3 is 0 Å². The quantitative estimate of drug-likeness (QED) is 0.101. The zero-order valence-corrected chi connectivity index (χ0v) is 33.4. The summed E-state index contributed by atoms with van der Waals surface area (Å²) in [5.74, 6) is -0.434. The van der Waals surface area contributed by atoms with Crippen LogP contribution in [0.25, 0.3) is 11.1 Å². The molecule has 294 valence electrons. The number of sulfonamides is 1. The Kier molecular flexibility index (Phi) is 12.9. The number of ether oxygens (including phenoxy) is 2. The Morgan fingerprint density at radius 2 is 1.54 bits per heavy atom. The van der Waals surface area contributed by atoms with E-state index in [1.165, 1.54) is 12.1 Å². The van der Waals surface area contributed by atoms with Gasteiger partial charge in [-0.05, 0) is 64.9 Å². The fraction of sp³-hybridized carbons (Fsp3) is 0.227. The van der Waals surface area contributed by atoms with Gasteiger partial charge in [0.05, 0.1) is 36.6 Å². The van der Waals surface area contributed by atoms with Gasteiger partial charge in [0.2, 0.25) is 15.9 Å². The molecule has 2 heterocycles. The Hall–Kier alpha value is -4.85. The van der Waals surface area contributed by atoms with Crippen LogP contribution in [-0.2, 0) is 50.4 Å². The van der Waals surface area contributed by atoms with Gasteiger partial charge in [-0.3, -0.25) is 4.79 Å². The fourth-order valence-electron chi connectivity index (χ4n) is 6.74. The van der Waals surface area contributed by atoms with Crippen LogP contribution >= 0.6 is 23.2 Å². The van der Waals surface area contributed by atoms with Gasteiger partial charge in [0, 0.05) is 18.5 Å². The summed E-state index contributed by atoms with van der Waals surface area (Å²) in [5.41, 5.74) is 7.10. The van der Waals surface area contributed by atoms with E-state index >= 15 is 0 Å². The number of aromatic nitrogens is 2. The van der Waals surface area contributed by atoms with Crippen LogP contribution in [0.5, 0.6) is 0 Å². The van der Waals surface area contributed by atoms with E-state index in [1.807, 2.05) is 110 Å². The molecule has 0 bridgehead atoms. The number of nitrogens with zero attached hydrogens (tertiary/aromatic N) is 2. The maximum absolute atomic E-state index is 13.6. The number of halogens is 2. The van der Waals surface area contributed by atoms with Crippen LogP contribution in [0, 0.1) is 6.92 Å². The molecule has 6 aromatic rings. The topological polar surface area (TPSA) is 132 Å². The predicted molar refractivity (Wildman–Crippen MR) is 220 cm³/mol. The van der Waals surface area contributed by atoms with Gasteiger partial charge in [-0.2, -0.15) is 4.72 Å². The summed E-state index contributed by atoms with van der Waals surface area (Å²) in [6.45, 7) is 2.46. The first-order valence-electron chi connectivity index (χ1n) is 18.5. The number of hydrogen-bond acceptors (Lipinski definition) is 7. The summed E-state index contributed by atoms with van der Waals surface area (Å²) in [6, 6.07) is 38.2. The molecular weight excluding hydrogens is 783 g/mol. The molecule has 13 heteroatoms. The molecule has 5 aromatic carbocycles. The van der Waals surface area contributed by atoms with Gasteiger partial charge in [0.1, 0.15) is 11.2 Å². The Labute approximate surface area is 342 Å². The largest absolute Gasteiger partial charge is 0.392 e. The number of amides is 1. The average Bonchev–Trinajstić information content (AvgIpc) is 3.55. The molecule has 1 aliphatic heterocycles. The lowest BCUT2D eigenvalue weighted by molar-refractivity contribution is -0.252. The molecule has 0 radical (unpaired) electrons. The van der Waals surface area contributed by atoms with Crippen LogP contribution in [-0.4, -0.2) is 41.1 Å². The highest BCUT2D eigenvalue weighted by atomic mass is 35.5. The molecule has 7 rings (SSSR count). The van der Waals surface area contributed by atoms with Crippen LogP contribution in [0.2, 0.25) is 10.3 Å². The second kappa shape index (κ2) is 18.2. The number of imidazole rings is 1. The van der Waals surface area contributed by atoms with Crippen molar-refractivity contribution in [3.05, 3.63) is 177 Å². The highest BCUT2D eigenvalue weighted by Crippen LogP contribution is 2.39. The van der Waals surface area contributed by atoms with E-state index in [9.17, 15) is 18.3 Å². The van der Waals surface area contributed by atoms with Crippen LogP contribution in [0.4, 0.5) is 0 Å². The molecule has 0 spiro atoms. The van der Waals surface area contributed by atoms with E-state index in [0.29, 0.717) is 18.1 Å². The van der Waals surface area contributed by atoms with Gasteiger partial charge in [-0.15, -0.1) is 0 Å². The molecule has 1 aromatic heterocycles. The van der Waals surface area contributed by atoms with Crippen LogP contribution in [0.15, 0.2) is 139 Å². The van der Waals surface area contributed by atoms with E-state index in [0.717, 1.165) is 44.5 Å². The van der Waals surface area contributed by atoms with E-state index in [4.69, 9.17) is 32.7 Å². The summed E-state index contributed by atoms with van der Waals surface area (Å²) in [5, 5.41) is 13.1. The van der Waals surface area contributed by atoms with Gasteiger partial charge in [0.15, 0.2) is 11.4 Å². The molecule has 0 saturated carbocycles. The molecular formula is C44H42Cl2N4O6S. The number of benzene rings is 5. The molecule has 1 amide bonds. The summed E-state index contributed by atoms with van der Waals surface area (Å²) < 4.78 is 44.0. The van der Waals surface area contributed by atoms with Gasteiger partial charge in [-0.1, -0.05) is 138 Å². The molecule has 0 unspecified atom stereocenters. The maximum Gasteiger partial charge on any atom is 0.241 e. The minimum absolute atomic E-state index is 0.0436. The molecule has 57 heavy (non-hydrogen) atoms. The van der Waals surface area contributed by atoms with Crippen molar-refractivity contribution in [2.24, 2.45) is 0 Å². The van der Waals surface area contributed by atoms with Crippen LogP contribution in [0.1, 0.15) is 52.2 Å². The monoisotopic (exact) mass is 824 g/mol. The number of rotatable bonds is 14. The minimum atomic E-state index is -3.97. The number of nitrogens with one attached hydrogen (secondary N) is 2. The first-order chi connectivity index (χ1) is 27.5. The van der Waals surface area contributed by atoms with Gasteiger partial charge in [0.25, 0.3) is 0 Å². The third-order valence-electron chi connectivity index (χ3n) is 9.89. The van der Waals surface area contributed by atoms with E-state index in [-0.39, 0.29) is 41.8 Å². The minimum Gasteiger partial charge on any atom is -0.392 e.